The van der Waals surface area contributed by atoms with E-state index >= 15 is 0 Å². The van der Waals surface area contributed by atoms with Crippen molar-refractivity contribution in [3.63, 3.8) is 0 Å². The third-order valence-electron chi connectivity index (χ3n) is 6.10. The number of nitrogens with two attached hydrogens (primary N) is 1. The molecule has 1 fully saturated rings. The zero-order valence-electron chi connectivity index (χ0n) is 18.0. The summed E-state index contributed by atoms with van der Waals surface area (Å²) in [7, 11) is 1.43. The SMILES string of the molecule is CCN1CCCC1C(Nc1nc(N)nc(Nc2ccc(OC)c(F)c2)n1)C1C=CCC1. The van der Waals surface area contributed by atoms with Crippen molar-refractivity contribution in [1.82, 2.24) is 19.9 Å². The first-order valence-corrected chi connectivity index (χ1v) is 10.9. The number of rotatable bonds is 8. The normalized spacial score (nSPS) is 21.9. The number of nitrogen functional groups attached to an aromatic ring is 1. The van der Waals surface area contributed by atoms with E-state index in [2.05, 4.69) is 49.6 Å². The molecule has 0 bridgehead atoms. The van der Waals surface area contributed by atoms with E-state index in [9.17, 15) is 4.39 Å². The Hall–Kier alpha value is -2.94. The number of ether oxygens (including phenoxy) is 1. The van der Waals surface area contributed by atoms with Crippen LogP contribution >= 0.6 is 0 Å². The molecular formula is C22H30FN7O. The summed E-state index contributed by atoms with van der Waals surface area (Å²) >= 11 is 0. The molecule has 1 aliphatic carbocycles. The van der Waals surface area contributed by atoms with Crippen LogP contribution in [0, 0.1) is 11.7 Å². The van der Waals surface area contributed by atoms with Gasteiger partial charge in [0.25, 0.3) is 0 Å². The Morgan fingerprint density at radius 1 is 1.26 bits per heavy atom. The van der Waals surface area contributed by atoms with E-state index in [4.69, 9.17) is 10.5 Å². The fourth-order valence-corrected chi connectivity index (χ4v) is 4.63. The maximum atomic E-state index is 14.0. The van der Waals surface area contributed by atoms with Crippen LogP contribution < -0.4 is 21.1 Å². The maximum Gasteiger partial charge on any atom is 0.233 e. The Labute approximate surface area is 182 Å². The van der Waals surface area contributed by atoms with Crippen LogP contribution in [0.1, 0.15) is 32.6 Å². The smallest absolute Gasteiger partial charge is 0.233 e. The second-order valence-corrected chi connectivity index (χ2v) is 7.99. The van der Waals surface area contributed by atoms with E-state index < -0.39 is 5.82 Å². The largest absolute Gasteiger partial charge is 0.494 e. The van der Waals surface area contributed by atoms with Crippen molar-refractivity contribution in [1.29, 1.82) is 0 Å². The molecule has 0 spiro atoms. The summed E-state index contributed by atoms with van der Waals surface area (Å²) in [5.74, 6) is 0.918. The van der Waals surface area contributed by atoms with Crippen LogP contribution in [0.2, 0.25) is 0 Å². The van der Waals surface area contributed by atoms with Gasteiger partial charge in [-0.2, -0.15) is 15.0 Å². The number of hydrogen-bond donors (Lipinski definition) is 3. The Morgan fingerprint density at radius 2 is 2.10 bits per heavy atom. The topological polar surface area (TPSA) is 101 Å². The fourth-order valence-electron chi connectivity index (χ4n) is 4.63. The first-order valence-electron chi connectivity index (χ1n) is 10.9. The molecule has 4 rings (SSSR count). The summed E-state index contributed by atoms with van der Waals surface area (Å²) in [5, 5.41) is 6.56. The van der Waals surface area contributed by atoms with E-state index in [1.54, 1.807) is 12.1 Å². The molecule has 1 aromatic heterocycles. The van der Waals surface area contributed by atoms with Gasteiger partial charge >= 0.3 is 0 Å². The van der Waals surface area contributed by atoms with Gasteiger partial charge < -0.3 is 21.1 Å². The number of methoxy groups -OCH3 is 1. The summed E-state index contributed by atoms with van der Waals surface area (Å²) in [6.07, 6.45) is 9.10. The molecule has 8 nitrogen and oxygen atoms in total. The van der Waals surface area contributed by atoms with Crippen molar-refractivity contribution < 1.29 is 9.13 Å². The minimum atomic E-state index is -0.471. The van der Waals surface area contributed by atoms with Gasteiger partial charge in [-0.05, 0) is 56.8 Å². The second kappa shape index (κ2) is 9.47. The van der Waals surface area contributed by atoms with Gasteiger partial charge in [0.05, 0.1) is 13.2 Å². The molecule has 166 valence electrons. The molecular weight excluding hydrogens is 397 g/mol. The molecule has 2 aliphatic rings. The zero-order valence-corrected chi connectivity index (χ0v) is 18.0. The number of aromatic nitrogens is 3. The minimum absolute atomic E-state index is 0.105. The van der Waals surface area contributed by atoms with Crippen LogP contribution in [0.4, 0.5) is 27.9 Å². The second-order valence-electron chi connectivity index (χ2n) is 7.99. The predicted octanol–water partition coefficient (Wildman–Crippen LogP) is 3.58. The number of hydrogen-bond acceptors (Lipinski definition) is 8. The Bertz CT molecular complexity index is 938. The highest BCUT2D eigenvalue weighted by Gasteiger charge is 2.36. The summed E-state index contributed by atoms with van der Waals surface area (Å²) in [6.45, 7) is 4.34. The van der Waals surface area contributed by atoms with Gasteiger partial charge in [0.2, 0.25) is 17.8 Å². The van der Waals surface area contributed by atoms with Gasteiger partial charge in [-0.25, -0.2) is 4.39 Å². The molecule has 2 heterocycles. The number of nitrogens with zero attached hydrogens (tertiary/aromatic N) is 4. The molecule has 1 saturated heterocycles. The quantitative estimate of drug-likeness (QED) is 0.550. The molecule has 0 radical (unpaired) electrons. The number of allylic oxidation sites excluding steroid dienone is 1. The van der Waals surface area contributed by atoms with Gasteiger partial charge in [0.15, 0.2) is 11.6 Å². The van der Waals surface area contributed by atoms with E-state index in [1.165, 1.54) is 19.6 Å². The molecule has 1 aliphatic heterocycles. The number of halogens is 1. The van der Waals surface area contributed by atoms with Crippen LogP contribution in [0.25, 0.3) is 0 Å². The third-order valence-corrected chi connectivity index (χ3v) is 6.10. The molecule has 31 heavy (non-hydrogen) atoms. The monoisotopic (exact) mass is 427 g/mol. The average Bonchev–Trinajstić information content (AvgIpc) is 3.44. The summed E-state index contributed by atoms with van der Waals surface area (Å²) in [6, 6.07) is 5.18. The van der Waals surface area contributed by atoms with Gasteiger partial charge in [-0.3, -0.25) is 4.90 Å². The van der Waals surface area contributed by atoms with Crippen molar-refractivity contribution in [2.24, 2.45) is 5.92 Å². The summed E-state index contributed by atoms with van der Waals surface area (Å²) in [5.41, 5.74) is 6.46. The lowest BCUT2D eigenvalue weighted by Gasteiger charge is -2.35. The van der Waals surface area contributed by atoms with Crippen LogP contribution in [0.15, 0.2) is 30.4 Å². The highest BCUT2D eigenvalue weighted by atomic mass is 19.1. The molecule has 1 aromatic carbocycles. The highest BCUT2D eigenvalue weighted by molar-refractivity contribution is 5.57. The first kappa shape index (κ1) is 21.3. The number of anilines is 4. The Kier molecular flexibility index (Phi) is 6.50. The molecule has 3 unspecified atom stereocenters. The van der Waals surface area contributed by atoms with E-state index in [-0.39, 0.29) is 23.7 Å². The van der Waals surface area contributed by atoms with Gasteiger partial charge in [-0.1, -0.05) is 19.1 Å². The van der Waals surface area contributed by atoms with Crippen molar-refractivity contribution in [3.8, 4) is 5.75 Å². The van der Waals surface area contributed by atoms with Gasteiger partial charge in [0, 0.05) is 17.8 Å². The van der Waals surface area contributed by atoms with Crippen molar-refractivity contribution >= 4 is 23.5 Å². The van der Waals surface area contributed by atoms with Crippen LogP contribution in [-0.2, 0) is 0 Å². The highest BCUT2D eigenvalue weighted by Crippen LogP contribution is 2.31. The van der Waals surface area contributed by atoms with Crippen LogP contribution in [-0.4, -0.2) is 52.1 Å². The fraction of sp³-hybridized carbons (Fsp3) is 0.500. The van der Waals surface area contributed by atoms with E-state index in [0.717, 1.165) is 32.4 Å². The summed E-state index contributed by atoms with van der Waals surface area (Å²) < 4.78 is 19.0. The van der Waals surface area contributed by atoms with E-state index in [0.29, 0.717) is 23.6 Å². The molecule has 4 N–H and O–H groups in total. The molecule has 3 atom stereocenters. The van der Waals surface area contributed by atoms with Gasteiger partial charge in [0.1, 0.15) is 0 Å². The molecule has 2 aromatic rings. The van der Waals surface area contributed by atoms with Gasteiger partial charge in [-0.15, -0.1) is 0 Å². The number of benzene rings is 1. The number of nitrogens with one attached hydrogen (secondary N) is 2. The summed E-state index contributed by atoms with van der Waals surface area (Å²) in [4.78, 5) is 15.5. The molecule has 9 heteroatoms. The lowest BCUT2D eigenvalue weighted by molar-refractivity contribution is 0.221. The van der Waals surface area contributed by atoms with Crippen LogP contribution in [0.5, 0.6) is 5.75 Å². The Morgan fingerprint density at radius 3 is 2.81 bits per heavy atom. The lowest BCUT2D eigenvalue weighted by Crippen LogP contribution is -2.47. The first-order chi connectivity index (χ1) is 15.1. The van der Waals surface area contributed by atoms with Crippen molar-refractivity contribution in [2.75, 3.05) is 36.6 Å². The predicted molar refractivity (Wildman–Crippen MR) is 120 cm³/mol. The molecule has 0 saturated carbocycles. The van der Waals surface area contributed by atoms with Crippen molar-refractivity contribution in [2.45, 2.75) is 44.7 Å². The lowest BCUT2D eigenvalue weighted by atomic mass is 9.91. The zero-order chi connectivity index (χ0) is 21.8. The van der Waals surface area contributed by atoms with Crippen molar-refractivity contribution in [3.05, 3.63) is 36.2 Å². The Balaban J connectivity index is 1.56. The maximum absolute atomic E-state index is 14.0. The standard InChI is InChI=1S/C22H30FN7O/c1-3-30-12-6-9-17(30)19(14-7-4-5-8-14)26-22-28-20(24)27-21(29-22)25-15-10-11-18(31-2)16(23)13-15/h4,7,10-11,13-14,17,19H,3,5-6,8-9,12H2,1-2H3,(H4,24,25,26,27,28,29). The number of likely N-dealkylation sites (tertiary alicyclic amines) is 1. The number of likely N-dealkylation sites (N-methyl/N-ethyl adjacent to an activating group) is 1. The third kappa shape index (κ3) is 4.87. The average molecular weight is 428 g/mol. The molecule has 0 amide bonds. The van der Waals surface area contributed by atoms with Crippen LogP contribution in [0.3, 0.4) is 0 Å². The minimum Gasteiger partial charge on any atom is -0.494 e. The van der Waals surface area contributed by atoms with E-state index in [1.807, 2.05) is 0 Å².